The molecule has 0 radical (unpaired) electrons. The average molecular weight is 217 g/mol. The van der Waals surface area contributed by atoms with Crippen LogP contribution in [0.5, 0.6) is 0 Å². The average Bonchev–Trinajstić information content (AvgIpc) is 2.79. The molecular weight excluding hydrogens is 206 g/mol. The first-order valence-corrected chi connectivity index (χ1v) is 4.73. The van der Waals surface area contributed by atoms with E-state index in [0.717, 1.165) is 0 Å². The number of hydrogen-bond acceptors (Lipinski definition) is 4. The van der Waals surface area contributed by atoms with Gasteiger partial charge in [-0.2, -0.15) is 0 Å². The number of pyridine rings is 1. The van der Waals surface area contributed by atoms with Gasteiger partial charge in [-0.3, -0.25) is 9.78 Å². The van der Waals surface area contributed by atoms with Gasteiger partial charge in [-0.25, -0.2) is 4.98 Å². The molecule has 0 aromatic carbocycles. The van der Waals surface area contributed by atoms with Gasteiger partial charge in [0.05, 0.1) is 12.1 Å². The summed E-state index contributed by atoms with van der Waals surface area (Å²) in [6, 6.07) is 1.59. The molecule has 2 rings (SSSR count). The van der Waals surface area contributed by atoms with Gasteiger partial charge in [0, 0.05) is 30.5 Å². The first kappa shape index (κ1) is 10.2. The number of anilines is 1. The molecule has 82 valence electrons. The highest BCUT2D eigenvalue weighted by atomic mass is 16.1. The van der Waals surface area contributed by atoms with E-state index in [2.05, 4.69) is 20.3 Å². The molecule has 0 aliphatic heterocycles. The predicted octanol–water partition coefficient (Wildman–Crippen LogP) is 0.317. The van der Waals surface area contributed by atoms with Crippen LogP contribution in [0.25, 0.3) is 0 Å². The van der Waals surface area contributed by atoms with Crippen molar-refractivity contribution in [2.24, 2.45) is 0 Å². The minimum atomic E-state index is -0.262. The molecule has 0 spiro atoms. The van der Waals surface area contributed by atoms with Crippen molar-refractivity contribution in [1.29, 1.82) is 0 Å². The van der Waals surface area contributed by atoms with E-state index in [0.29, 0.717) is 23.6 Å². The summed E-state index contributed by atoms with van der Waals surface area (Å²) in [5.74, 6) is 0.429. The van der Waals surface area contributed by atoms with Crippen molar-refractivity contribution in [3.8, 4) is 0 Å². The van der Waals surface area contributed by atoms with Gasteiger partial charge in [-0.15, -0.1) is 0 Å². The van der Waals surface area contributed by atoms with Crippen LogP contribution in [-0.4, -0.2) is 20.9 Å². The largest absolute Gasteiger partial charge is 0.398 e. The highest BCUT2D eigenvalue weighted by Crippen LogP contribution is 2.07. The second-order valence-electron chi connectivity index (χ2n) is 3.18. The van der Waals surface area contributed by atoms with Gasteiger partial charge in [0.25, 0.3) is 5.91 Å². The third-order valence-electron chi connectivity index (χ3n) is 2.07. The molecule has 6 nitrogen and oxygen atoms in total. The monoisotopic (exact) mass is 217 g/mol. The number of rotatable bonds is 3. The Morgan fingerprint density at radius 1 is 1.50 bits per heavy atom. The van der Waals surface area contributed by atoms with E-state index in [1.54, 1.807) is 24.7 Å². The lowest BCUT2D eigenvalue weighted by molar-refractivity contribution is 0.0950. The maximum Gasteiger partial charge on any atom is 0.255 e. The highest BCUT2D eigenvalue weighted by Gasteiger charge is 2.09. The van der Waals surface area contributed by atoms with Gasteiger partial charge < -0.3 is 16.0 Å². The molecule has 0 saturated heterocycles. The minimum Gasteiger partial charge on any atom is -0.398 e. The molecule has 6 heteroatoms. The number of hydrogen-bond donors (Lipinski definition) is 3. The lowest BCUT2D eigenvalue weighted by atomic mass is 10.2. The second kappa shape index (κ2) is 4.43. The predicted molar refractivity (Wildman–Crippen MR) is 58.4 cm³/mol. The number of aromatic nitrogens is 3. The first-order valence-electron chi connectivity index (χ1n) is 4.73. The van der Waals surface area contributed by atoms with E-state index < -0.39 is 0 Å². The van der Waals surface area contributed by atoms with Gasteiger partial charge >= 0.3 is 0 Å². The fourth-order valence-corrected chi connectivity index (χ4v) is 1.25. The lowest BCUT2D eigenvalue weighted by Gasteiger charge is -2.05. The number of carbonyl (C=O) groups excluding carboxylic acids is 1. The third-order valence-corrected chi connectivity index (χ3v) is 2.07. The molecular formula is C10H11N5O. The van der Waals surface area contributed by atoms with E-state index in [1.165, 1.54) is 6.20 Å². The molecule has 0 bridgehead atoms. The molecule has 0 saturated carbocycles. The standard InChI is InChI=1S/C10H11N5O/c11-8-1-2-12-5-7(8)10(16)15-6-9-13-3-4-14-9/h1-5H,6H2,(H2,11,12)(H,13,14)(H,15,16). The molecule has 0 atom stereocenters. The topological polar surface area (TPSA) is 96.7 Å². The van der Waals surface area contributed by atoms with Gasteiger partial charge in [-0.1, -0.05) is 0 Å². The molecule has 0 fully saturated rings. The fourth-order valence-electron chi connectivity index (χ4n) is 1.25. The summed E-state index contributed by atoms with van der Waals surface area (Å²) >= 11 is 0. The summed E-state index contributed by atoms with van der Waals surface area (Å²) in [6.45, 7) is 0.333. The molecule has 2 aromatic heterocycles. The van der Waals surface area contributed by atoms with Crippen molar-refractivity contribution in [3.63, 3.8) is 0 Å². The summed E-state index contributed by atoms with van der Waals surface area (Å²) in [5, 5.41) is 2.69. The van der Waals surface area contributed by atoms with Crippen LogP contribution in [0.1, 0.15) is 16.2 Å². The minimum absolute atomic E-state index is 0.262. The lowest BCUT2D eigenvalue weighted by Crippen LogP contribution is -2.24. The molecule has 4 N–H and O–H groups in total. The molecule has 1 amide bonds. The van der Waals surface area contributed by atoms with Crippen molar-refractivity contribution in [2.45, 2.75) is 6.54 Å². The van der Waals surface area contributed by atoms with Gasteiger partial charge in [-0.05, 0) is 6.07 Å². The number of H-pyrrole nitrogens is 1. The summed E-state index contributed by atoms with van der Waals surface area (Å²) in [4.78, 5) is 22.4. The van der Waals surface area contributed by atoms with Crippen LogP contribution in [-0.2, 0) is 6.54 Å². The van der Waals surface area contributed by atoms with Crippen molar-refractivity contribution < 1.29 is 4.79 Å². The molecule has 2 heterocycles. The Kier molecular flexibility index (Phi) is 2.81. The number of nitrogens with one attached hydrogen (secondary N) is 2. The van der Waals surface area contributed by atoms with Gasteiger partial charge in [0.15, 0.2) is 0 Å². The van der Waals surface area contributed by atoms with Crippen LogP contribution in [0.2, 0.25) is 0 Å². The van der Waals surface area contributed by atoms with Crippen molar-refractivity contribution in [1.82, 2.24) is 20.3 Å². The number of nitrogens with two attached hydrogens (primary N) is 1. The van der Waals surface area contributed by atoms with Crippen molar-refractivity contribution >= 4 is 11.6 Å². The van der Waals surface area contributed by atoms with Crippen LogP contribution in [0.15, 0.2) is 30.9 Å². The smallest absolute Gasteiger partial charge is 0.255 e. The van der Waals surface area contributed by atoms with E-state index >= 15 is 0 Å². The Morgan fingerprint density at radius 3 is 3.06 bits per heavy atom. The Hall–Kier alpha value is -2.37. The normalized spacial score (nSPS) is 10.0. The van der Waals surface area contributed by atoms with Gasteiger partial charge in [0.2, 0.25) is 0 Å². The molecule has 0 aliphatic rings. The number of nitrogen functional groups attached to an aromatic ring is 1. The zero-order valence-corrected chi connectivity index (χ0v) is 8.47. The number of amides is 1. The van der Waals surface area contributed by atoms with E-state index in [4.69, 9.17) is 5.73 Å². The highest BCUT2D eigenvalue weighted by molar-refractivity contribution is 5.98. The Balaban J connectivity index is 2.01. The van der Waals surface area contributed by atoms with Crippen LogP contribution in [0.4, 0.5) is 5.69 Å². The Bertz CT molecular complexity index is 480. The number of nitrogens with zero attached hydrogens (tertiary/aromatic N) is 2. The van der Waals surface area contributed by atoms with Crippen LogP contribution >= 0.6 is 0 Å². The van der Waals surface area contributed by atoms with Crippen LogP contribution in [0.3, 0.4) is 0 Å². The zero-order valence-electron chi connectivity index (χ0n) is 8.47. The molecule has 0 unspecified atom stereocenters. The van der Waals surface area contributed by atoms with Crippen molar-refractivity contribution in [3.05, 3.63) is 42.2 Å². The molecule has 0 aliphatic carbocycles. The fraction of sp³-hybridized carbons (Fsp3) is 0.100. The summed E-state index contributed by atoms with van der Waals surface area (Å²) in [7, 11) is 0. The summed E-state index contributed by atoms with van der Waals surface area (Å²) in [6.07, 6.45) is 6.30. The zero-order chi connectivity index (χ0) is 11.4. The number of carbonyl (C=O) groups is 1. The number of imidazole rings is 1. The second-order valence-corrected chi connectivity index (χ2v) is 3.18. The maximum absolute atomic E-state index is 11.7. The SMILES string of the molecule is Nc1ccncc1C(=O)NCc1ncc[nH]1. The summed E-state index contributed by atoms with van der Waals surface area (Å²) < 4.78 is 0. The van der Waals surface area contributed by atoms with E-state index in [1.807, 2.05) is 0 Å². The Labute approximate surface area is 91.9 Å². The van der Waals surface area contributed by atoms with Crippen LogP contribution < -0.4 is 11.1 Å². The first-order chi connectivity index (χ1) is 7.77. The maximum atomic E-state index is 11.7. The van der Waals surface area contributed by atoms with E-state index in [9.17, 15) is 4.79 Å². The number of aromatic amines is 1. The summed E-state index contributed by atoms with van der Waals surface area (Å²) in [5.41, 5.74) is 6.42. The van der Waals surface area contributed by atoms with Crippen molar-refractivity contribution in [2.75, 3.05) is 5.73 Å². The van der Waals surface area contributed by atoms with E-state index in [-0.39, 0.29) is 5.91 Å². The molecule has 2 aromatic rings. The van der Waals surface area contributed by atoms with Gasteiger partial charge in [0.1, 0.15) is 5.82 Å². The van der Waals surface area contributed by atoms with Crippen LogP contribution in [0, 0.1) is 0 Å². The quantitative estimate of drug-likeness (QED) is 0.689. The molecule has 16 heavy (non-hydrogen) atoms. The third kappa shape index (κ3) is 2.17. The Morgan fingerprint density at radius 2 is 2.38 bits per heavy atom.